The molecule has 132 valence electrons. The molecular weight excluding hydrogens is 340 g/mol. The molecule has 1 heterocycles. The second kappa shape index (κ2) is 7.60. The first-order valence-corrected chi connectivity index (χ1v) is 7.69. The maximum atomic E-state index is 13.7. The summed E-state index contributed by atoms with van der Waals surface area (Å²) >= 11 is 0. The average Bonchev–Trinajstić information content (AvgIpc) is 2.65. The molecule has 5 nitrogen and oxygen atoms in total. The highest BCUT2D eigenvalue weighted by atomic mass is 19.1. The van der Waals surface area contributed by atoms with E-state index in [0.717, 1.165) is 12.1 Å². The first-order chi connectivity index (χ1) is 12.6. The van der Waals surface area contributed by atoms with E-state index >= 15 is 0 Å². The molecule has 0 atom stereocenters. The third-order valence-corrected chi connectivity index (χ3v) is 3.56. The fraction of sp³-hybridized carbons (Fsp3) is 0.0526. The van der Waals surface area contributed by atoms with Crippen molar-refractivity contribution in [3.63, 3.8) is 0 Å². The van der Waals surface area contributed by atoms with Crippen molar-refractivity contribution in [2.45, 2.75) is 0 Å². The summed E-state index contributed by atoms with van der Waals surface area (Å²) in [6.07, 6.45) is 1.33. The summed E-state index contributed by atoms with van der Waals surface area (Å²) in [6, 6.07) is 13.4. The first kappa shape index (κ1) is 17.3. The summed E-state index contributed by atoms with van der Waals surface area (Å²) in [5.74, 6) is -1.24. The molecule has 2 N–H and O–H groups in total. The minimum absolute atomic E-state index is 0.160. The number of benzene rings is 2. The van der Waals surface area contributed by atoms with Crippen LogP contribution in [0.1, 0.15) is 10.5 Å². The molecule has 0 spiro atoms. The Morgan fingerprint density at radius 3 is 2.38 bits per heavy atom. The van der Waals surface area contributed by atoms with E-state index in [1.165, 1.54) is 31.5 Å². The number of hydrogen-bond acceptors (Lipinski definition) is 4. The minimum atomic E-state index is -0.718. The van der Waals surface area contributed by atoms with Gasteiger partial charge in [-0.15, -0.1) is 0 Å². The van der Waals surface area contributed by atoms with Crippen LogP contribution in [0.15, 0.2) is 60.8 Å². The zero-order chi connectivity index (χ0) is 18.5. The van der Waals surface area contributed by atoms with Crippen molar-refractivity contribution in [3.05, 3.63) is 78.1 Å². The van der Waals surface area contributed by atoms with Crippen LogP contribution < -0.4 is 15.4 Å². The number of hydrogen-bond donors (Lipinski definition) is 2. The second-order valence-corrected chi connectivity index (χ2v) is 5.34. The average molecular weight is 355 g/mol. The van der Waals surface area contributed by atoms with Crippen LogP contribution in [0.4, 0.5) is 25.8 Å². The van der Waals surface area contributed by atoms with Crippen molar-refractivity contribution < 1.29 is 18.3 Å². The van der Waals surface area contributed by atoms with E-state index in [9.17, 15) is 13.6 Å². The van der Waals surface area contributed by atoms with Gasteiger partial charge in [-0.05, 0) is 36.4 Å². The van der Waals surface area contributed by atoms with Gasteiger partial charge >= 0.3 is 0 Å². The maximum absolute atomic E-state index is 13.7. The second-order valence-electron chi connectivity index (χ2n) is 5.34. The van der Waals surface area contributed by atoms with E-state index in [1.807, 2.05) is 0 Å². The van der Waals surface area contributed by atoms with E-state index in [1.54, 1.807) is 24.3 Å². The molecule has 7 heteroatoms. The normalized spacial score (nSPS) is 10.3. The Morgan fingerprint density at radius 2 is 1.73 bits per heavy atom. The molecule has 0 aliphatic rings. The van der Waals surface area contributed by atoms with Crippen molar-refractivity contribution in [2.24, 2.45) is 0 Å². The number of halogens is 2. The first-order valence-electron chi connectivity index (χ1n) is 7.69. The van der Waals surface area contributed by atoms with Crippen LogP contribution in [0.5, 0.6) is 5.75 Å². The quantitative estimate of drug-likeness (QED) is 0.714. The number of pyridine rings is 1. The molecule has 3 rings (SSSR count). The summed E-state index contributed by atoms with van der Waals surface area (Å²) in [4.78, 5) is 16.3. The third-order valence-electron chi connectivity index (χ3n) is 3.56. The lowest BCUT2D eigenvalue weighted by molar-refractivity contribution is 0.102. The number of para-hydroxylation sites is 1. The van der Waals surface area contributed by atoms with Gasteiger partial charge in [0.2, 0.25) is 0 Å². The highest BCUT2D eigenvalue weighted by Crippen LogP contribution is 2.23. The molecular formula is C19H15F2N3O2. The number of rotatable bonds is 5. The van der Waals surface area contributed by atoms with Gasteiger partial charge in [0.25, 0.3) is 5.91 Å². The van der Waals surface area contributed by atoms with Crippen LogP contribution in [0.25, 0.3) is 0 Å². The number of aromatic nitrogens is 1. The smallest absolute Gasteiger partial charge is 0.274 e. The lowest BCUT2D eigenvalue weighted by Crippen LogP contribution is -2.13. The van der Waals surface area contributed by atoms with E-state index in [2.05, 4.69) is 15.6 Å². The van der Waals surface area contributed by atoms with Crippen molar-refractivity contribution >= 4 is 23.0 Å². The number of carbonyl (C=O) groups excluding carboxylic acids is 1. The molecule has 2 aromatic carbocycles. The van der Waals surface area contributed by atoms with Gasteiger partial charge in [-0.2, -0.15) is 0 Å². The SMILES string of the molecule is COc1cccc(NC(=O)c2ccc(Nc3c(F)cccc3F)cn2)c1. The molecule has 0 radical (unpaired) electrons. The highest BCUT2D eigenvalue weighted by molar-refractivity contribution is 6.03. The fourth-order valence-corrected chi connectivity index (χ4v) is 2.26. The van der Waals surface area contributed by atoms with Crippen LogP contribution in [0.3, 0.4) is 0 Å². The Balaban J connectivity index is 1.71. The Hall–Kier alpha value is -3.48. The lowest BCUT2D eigenvalue weighted by Gasteiger charge is -2.09. The number of amides is 1. The molecule has 0 unspecified atom stereocenters. The predicted octanol–water partition coefficient (Wildman–Crippen LogP) is 4.36. The number of ether oxygens (including phenoxy) is 1. The van der Waals surface area contributed by atoms with Crippen LogP contribution in [-0.4, -0.2) is 18.0 Å². The molecule has 0 saturated heterocycles. The molecule has 0 fully saturated rings. The topological polar surface area (TPSA) is 63.2 Å². The van der Waals surface area contributed by atoms with Gasteiger partial charge < -0.3 is 15.4 Å². The molecule has 0 saturated carbocycles. The van der Waals surface area contributed by atoms with Gasteiger partial charge in [-0.1, -0.05) is 12.1 Å². The van der Waals surface area contributed by atoms with Gasteiger partial charge in [-0.25, -0.2) is 13.8 Å². The standard InChI is InChI=1S/C19H15F2N3O2/c1-26-14-5-2-4-12(10-14)24-19(25)17-9-8-13(11-22-17)23-18-15(20)6-3-7-16(18)21/h2-11,23H,1H3,(H,24,25). The Labute approximate surface area is 148 Å². The van der Waals surface area contributed by atoms with Gasteiger partial charge in [0.15, 0.2) is 0 Å². The molecule has 0 aliphatic carbocycles. The zero-order valence-electron chi connectivity index (χ0n) is 13.8. The van der Waals surface area contributed by atoms with Crippen LogP contribution in [0, 0.1) is 11.6 Å². The summed E-state index contributed by atoms with van der Waals surface area (Å²) in [5, 5.41) is 5.31. The number of carbonyl (C=O) groups is 1. The zero-order valence-corrected chi connectivity index (χ0v) is 13.8. The van der Waals surface area contributed by atoms with Gasteiger partial charge in [-0.3, -0.25) is 4.79 Å². The van der Waals surface area contributed by atoms with Crippen LogP contribution >= 0.6 is 0 Å². The molecule has 3 aromatic rings. The van der Waals surface area contributed by atoms with E-state index in [4.69, 9.17) is 4.74 Å². The van der Waals surface area contributed by atoms with E-state index in [-0.39, 0.29) is 11.4 Å². The number of anilines is 3. The van der Waals surface area contributed by atoms with Crippen molar-refractivity contribution in [3.8, 4) is 5.75 Å². The van der Waals surface area contributed by atoms with Crippen LogP contribution in [-0.2, 0) is 0 Å². The van der Waals surface area contributed by atoms with Gasteiger partial charge in [0, 0.05) is 11.8 Å². The molecule has 1 aromatic heterocycles. The summed E-state index contributed by atoms with van der Waals surface area (Å²) in [7, 11) is 1.53. The largest absolute Gasteiger partial charge is 0.497 e. The van der Waals surface area contributed by atoms with Crippen LogP contribution in [0.2, 0.25) is 0 Å². The number of nitrogens with one attached hydrogen (secondary N) is 2. The Morgan fingerprint density at radius 1 is 1.00 bits per heavy atom. The molecule has 0 aliphatic heterocycles. The van der Waals surface area contributed by atoms with E-state index < -0.39 is 17.5 Å². The molecule has 26 heavy (non-hydrogen) atoms. The maximum Gasteiger partial charge on any atom is 0.274 e. The van der Waals surface area contributed by atoms with E-state index in [0.29, 0.717) is 17.1 Å². The highest BCUT2D eigenvalue weighted by Gasteiger charge is 2.11. The lowest BCUT2D eigenvalue weighted by atomic mass is 10.2. The summed E-state index contributed by atoms with van der Waals surface area (Å²) < 4.78 is 32.4. The monoisotopic (exact) mass is 355 g/mol. The van der Waals surface area contributed by atoms with Crippen molar-refractivity contribution in [1.29, 1.82) is 0 Å². The van der Waals surface area contributed by atoms with Gasteiger partial charge in [0.1, 0.15) is 28.8 Å². The predicted molar refractivity (Wildman–Crippen MR) is 94.8 cm³/mol. The van der Waals surface area contributed by atoms with Crippen molar-refractivity contribution in [1.82, 2.24) is 4.98 Å². The number of methoxy groups -OCH3 is 1. The molecule has 0 bridgehead atoms. The van der Waals surface area contributed by atoms with Gasteiger partial charge in [0.05, 0.1) is 19.0 Å². The fourth-order valence-electron chi connectivity index (χ4n) is 2.26. The van der Waals surface area contributed by atoms with Crippen molar-refractivity contribution in [2.75, 3.05) is 17.7 Å². The summed E-state index contributed by atoms with van der Waals surface area (Å²) in [6.45, 7) is 0. The third kappa shape index (κ3) is 3.94. The minimum Gasteiger partial charge on any atom is -0.497 e. The number of nitrogens with zero attached hydrogens (tertiary/aromatic N) is 1. The summed E-state index contributed by atoms with van der Waals surface area (Å²) in [5.41, 5.74) is 0.800. The Kier molecular flexibility index (Phi) is 5.07. The Bertz CT molecular complexity index is 910. The molecule has 1 amide bonds.